The van der Waals surface area contributed by atoms with Gasteiger partial charge in [0, 0.05) is 55.3 Å². The smallest absolute Gasteiger partial charge is 0.247 e. The van der Waals surface area contributed by atoms with E-state index in [-0.39, 0.29) is 12.3 Å². The van der Waals surface area contributed by atoms with Crippen LogP contribution in [-0.4, -0.2) is 34.2 Å². The summed E-state index contributed by atoms with van der Waals surface area (Å²) < 4.78 is 5.63. The minimum absolute atomic E-state index is 0.0757. The van der Waals surface area contributed by atoms with Gasteiger partial charge >= 0.3 is 0 Å². The fourth-order valence-electron chi connectivity index (χ4n) is 3.43. The molecule has 1 saturated heterocycles. The molecule has 0 radical (unpaired) electrons. The topological polar surface area (TPSA) is 84.2 Å². The molecular weight excluding hydrogens is 366 g/mol. The van der Waals surface area contributed by atoms with Gasteiger partial charge in [0.1, 0.15) is 0 Å². The number of anilines is 2. The summed E-state index contributed by atoms with van der Waals surface area (Å²) in [5, 5.41) is 11.0. The SMILES string of the molecule is CC1CCN(c2ccc(NC(=O)CCc3nnc(-c4ccncc4)o3)cc2)CC1. The Morgan fingerprint density at radius 3 is 2.55 bits per heavy atom. The summed E-state index contributed by atoms with van der Waals surface area (Å²) in [5.74, 6) is 1.62. The van der Waals surface area contributed by atoms with Gasteiger partial charge in [-0.25, -0.2) is 0 Å². The lowest BCUT2D eigenvalue weighted by Crippen LogP contribution is -2.32. The molecule has 1 aliphatic rings. The van der Waals surface area contributed by atoms with Gasteiger partial charge in [0.2, 0.25) is 17.7 Å². The highest BCUT2D eigenvalue weighted by atomic mass is 16.4. The number of nitrogens with zero attached hydrogens (tertiary/aromatic N) is 4. The van der Waals surface area contributed by atoms with E-state index in [1.54, 1.807) is 24.5 Å². The average Bonchev–Trinajstić information content (AvgIpc) is 3.23. The molecule has 1 fully saturated rings. The normalized spacial score (nSPS) is 14.7. The van der Waals surface area contributed by atoms with Crippen LogP contribution in [0.2, 0.25) is 0 Å². The molecule has 0 saturated carbocycles. The lowest BCUT2D eigenvalue weighted by molar-refractivity contribution is -0.116. The Bertz CT molecular complexity index is 931. The Kier molecular flexibility index (Phi) is 5.84. The molecule has 150 valence electrons. The van der Waals surface area contributed by atoms with E-state index in [2.05, 4.69) is 44.5 Å². The largest absolute Gasteiger partial charge is 0.421 e. The highest BCUT2D eigenvalue weighted by molar-refractivity contribution is 5.90. The maximum atomic E-state index is 12.3. The molecule has 4 rings (SSSR count). The first-order valence-corrected chi connectivity index (χ1v) is 10.0. The van der Waals surface area contributed by atoms with E-state index < -0.39 is 0 Å². The van der Waals surface area contributed by atoms with Crippen LogP contribution in [0.15, 0.2) is 53.2 Å². The first-order valence-electron chi connectivity index (χ1n) is 10.0. The summed E-state index contributed by atoms with van der Waals surface area (Å²) in [5.41, 5.74) is 2.82. The molecule has 3 heterocycles. The second-order valence-corrected chi connectivity index (χ2v) is 7.50. The van der Waals surface area contributed by atoms with Gasteiger partial charge in [-0.3, -0.25) is 9.78 Å². The summed E-state index contributed by atoms with van der Waals surface area (Å²) in [6.45, 7) is 4.50. The lowest BCUT2D eigenvalue weighted by atomic mass is 9.99. The number of piperidine rings is 1. The zero-order valence-electron chi connectivity index (χ0n) is 16.5. The second-order valence-electron chi connectivity index (χ2n) is 7.50. The van der Waals surface area contributed by atoms with Gasteiger partial charge in [0.05, 0.1) is 0 Å². The van der Waals surface area contributed by atoms with Gasteiger partial charge in [-0.2, -0.15) is 0 Å². The van der Waals surface area contributed by atoms with Gasteiger partial charge < -0.3 is 14.6 Å². The fourth-order valence-corrected chi connectivity index (χ4v) is 3.43. The summed E-state index contributed by atoms with van der Waals surface area (Å²) in [4.78, 5) is 18.6. The van der Waals surface area contributed by atoms with E-state index >= 15 is 0 Å². The van der Waals surface area contributed by atoms with Crippen molar-refractivity contribution in [2.24, 2.45) is 5.92 Å². The Morgan fingerprint density at radius 2 is 1.83 bits per heavy atom. The van der Waals surface area contributed by atoms with E-state index in [1.807, 2.05) is 12.1 Å². The molecule has 7 nitrogen and oxygen atoms in total. The molecule has 3 aromatic rings. The summed E-state index contributed by atoms with van der Waals surface area (Å²) in [6.07, 6.45) is 6.49. The number of aryl methyl sites for hydroxylation is 1. The highest BCUT2D eigenvalue weighted by Gasteiger charge is 2.16. The number of amides is 1. The van der Waals surface area contributed by atoms with Gasteiger partial charge in [0.15, 0.2) is 0 Å². The Labute approximate surface area is 170 Å². The quantitative estimate of drug-likeness (QED) is 0.685. The van der Waals surface area contributed by atoms with Crippen LogP contribution >= 0.6 is 0 Å². The van der Waals surface area contributed by atoms with Crippen molar-refractivity contribution < 1.29 is 9.21 Å². The monoisotopic (exact) mass is 391 g/mol. The molecule has 2 aromatic heterocycles. The molecule has 1 N–H and O–H groups in total. The minimum atomic E-state index is -0.0757. The summed E-state index contributed by atoms with van der Waals surface area (Å²) in [7, 11) is 0. The van der Waals surface area contributed by atoms with E-state index in [9.17, 15) is 4.79 Å². The summed E-state index contributed by atoms with van der Waals surface area (Å²) >= 11 is 0. The Morgan fingerprint density at radius 1 is 1.10 bits per heavy atom. The van der Waals surface area contributed by atoms with Crippen LogP contribution in [0.4, 0.5) is 11.4 Å². The maximum absolute atomic E-state index is 12.3. The number of pyridine rings is 1. The van der Waals surface area contributed by atoms with E-state index in [4.69, 9.17) is 4.42 Å². The van der Waals surface area contributed by atoms with Crippen molar-refractivity contribution in [1.82, 2.24) is 15.2 Å². The van der Waals surface area contributed by atoms with Crippen LogP contribution in [0.3, 0.4) is 0 Å². The number of carbonyl (C=O) groups excluding carboxylic acids is 1. The van der Waals surface area contributed by atoms with Gasteiger partial charge in [-0.05, 0) is 55.2 Å². The van der Waals surface area contributed by atoms with Crippen LogP contribution in [0.25, 0.3) is 11.5 Å². The van der Waals surface area contributed by atoms with E-state index in [0.29, 0.717) is 18.2 Å². The van der Waals surface area contributed by atoms with Crippen molar-refractivity contribution in [2.45, 2.75) is 32.6 Å². The molecule has 0 spiro atoms. The van der Waals surface area contributed by atoms with Crippen LogP contribution in [0.1, 0.15) is 32.1 Å². The van der Waals surface area contributed by atoms with Crippen molar-refractivity contribution >= 4 is 17.3 Å². The van der Waals surface area contributed by atoms with Gasteiger partial charge in [-0.1, -0.05) is 6.92 Å². The molecule has 0 bridgehead atoms. The molecule has 0 atom stereocenters. The first-order chi connectivity index (χ1) is 14.2. The molecule has 0 aliphatic carbocycles. The number of aromatic nitrogens is 3. The predicted molar refractivity (Wildman–Crippen MR) is 112 cm³/mol. The van der Waals surface area contributed by atoms with Gasteiger partial charge in [0.25, 0.3) is 0 Å². The lowest BCUT2D eigenvalue weighted by Gasteiger charge is -2.32. The van der Waals surface area contributed by atoms with Crippen molar-refractivity contribution in [1.29, 1.82) is 0 Å². The number of hydrogen-bond donors (Lipinski definition) is 1. The Hall–Kier alpha value is -3.22. The third-order valence-corrected chi connectivity index (χ3v) is 5.26. The number of carbonyl (C=O) groups is 1. The van der Waals surface area contributed by atoms with Crippen molar-refractivity contribution in [3.05, 3.63) is 54.7 Å². The zero-order chi connectivity index (χ0) is 20.1. The summed E-state index contributed by atoms with van der Waals surface area (Å²) in [6, 6.07) is 11.7. The number of hydrogen-bond acceptors (Lipinski definition) is 6. The molecule has 7 heteroatoms. The fraction of sp³-hybridized carbons (Fsp3) is 0.364. The second kappa shape index (κ2) is 8.86. The minimum Gasteiger partial charge on any atom is -0.421 e. The first kappa shape index (κ1) is 19.1. The van der Waals surface area contributed by atoms with Crippen molar-refractivity contribution in [3.8, 4) is 11.5 Å². The van der Waals surface area contributed by atoms with E-state index in [1.165, 1.54) is 18.5 Å². The van der Waals surface area contributed by atoms with Crippen LogP contribution in [-0.2, 0) is 11.2 Å². The molecule has 1 aliphatic heterocycles. The standard InChI is InChI=1S/C22H25N5O2/c1-16-10-14-27(15-11-16)19-4-2-18(3-5-19)24-20(28)6-7-21-25-26-22(29-21)17-8-12-23-13-9-17/h2-5,8-9,12-13,16H,6-7,10-11,14-15H2,1H3,(H,24,28). The van der Waals surface area contributed by atoms with Crippen LogP contribution < -0.4 is 10.2 Å². The predicted octanol–water partition coefficient (Wildman–Crippen LogP) is 3.94. The van der Waals surface area contributed by atoms with Crippen molar-refractivity contribution in [3.63, 3.8) is 0 Å². The number of nitrogens with one attached hydrogen (secondary N) is 1. The van der Waals surface area contributed by atoms with Gasteiger partial charge in [-0.15, -0.1) is 10.2 Å². The molecule has 1 aromatic carbocycles. The number of rotatable bonds is 6. The molecular formula is C22H25N5O2. The zero-order valence-corrected chi connectivity index (χ0v) is 16.5. The Balaban J connectivity index is 1.27. The average molecular weight is 391 g/mol. The van der Waals surface area contributed by atoms with Crippen molar-refractivity contribution in [2.75, 3.05) is 23.3 Å². The maximum Gasteiger partial charge on any atom is 0.247 e. The molecule has 29 heavy (non-hydrogen) atoms. The third-order valence-electron chi connectivity index (χ3n) is 5.26. The van der Waals surface area contributed by atoms with Crippen LogP contribution in [0, 0.1) is 5.92 Å². The molecule has 1 amide bonds. The number of benzene rings is 1. The van der Waals surface area contributed by atoms with Crippen LogP contribution in [0.5, 0.6) is 0 Å². The highest BCUT2D eigenvalue weighted by Crippen LogP contribution is 2.24. The molecule has 0 unspecified atom stereocenters. The third kappa shape index (κ3) is 4.99. The van der Waals surface area contributed by atoms with E-state index in [0.717, 1.165) is 30.3 Å².